The second-order valence-corrected chi connectivity index (χ2v) is 5.44. The number of amides is 2. The second-order valence-electron chi connectivity index (χ2n) is 5.44. The number of aliphatic carboxylic acids is 1. The summed E-state index contributed by atoms with van der Waals surface area (Å²) in [6.07, 6.45) is 3.20. The molecule has 2 amide bonds. The zero-order chi connectivity index (χ0) is 14.6. The van der Waals surface area contributed by atoms with E-state index in [1.807, 2.05) is 6.92 Å². The smallest absolute Gasteiger partial charge is 0.318 e. The molecule has 0 aliphatic carbocycles. The summed E-state index contributed by atoms with van der Waals surface area (Å²) in [7, 11) is 0. The van der Waals surface area contributed by atoms with Gasteiger partial charge in [-0.3, -0.25) is 4.79 Å². The van der Waals surface area contributed by atoms with Crippen molar-refractivity contribution in [2.75, 3.05) is 6.54 Å². The summed E-state index contributed by atoms with van der Waals surface area (Å²) in [5, 5.41) is 12.2. The molecule has 1 rings (SSSR count). The van der Waals surface area contributed by atoms with Gasteiger partial charge in [0.1, 0.15) is 0 Å². The molecular formula is C14H26N2O3. The maximum atomic E-state index is 12.3. The molecule has 0 saturated carbocycles. The Balaban J connectivity index is 2.72. The van der Waals surface area contributed by atoms with Crippen molar-refractivity contribution >= 4 is 12.0 Å². The van der Waals surface area contributed by atoms with Crippen LogP contribution in [0.2, 0.25) is 0 Å². The van der Waals surface area contributed by atoms with Crippen molar-refractivity contribution in [1.29, 1.82) is 0 Å². The van der Waals surface area contributed by atoms with Crippen LogP contribution >= 0.6 is 0 Å². The summed E-state index contributed by atoms with van der Waals surface area (Å²) in [6, 6.07) is -0.359. The van der Waals surface area contributed by atoms with Crippen molar-refractivity contribution in [3.05, 3.63) is 0 Å². The summed E-state index contributed by atoms with van der Waals surface area (Å²) in [5.74, 6) is -1.25. The average Bonchev–Trinajstić information content (AvgIpc) is 2.78. The zero-order valence-electron chi connectivity index (χ0n) is 12.4. The summed E-state index contributed by atoms with van der Waals surface area (Å²) in [6.45, 7) is 8.55. The molecular weight excluding hydrogens is 244 g/mol. The predicted octanol–water partition coefficient (Wildman–Crippen LogP) is 2.46. The van der Waals surface area contributed by atoms with Crippen molar-refractivity contribution in [3.8, 4) is 0 Å². The molecule has 2 atom stereocenters. The Kier molecular flexibility index (Phi) is 5.20. The highest BCUT2D eigenvalue weighted by Crippen LogP contribution is 2.26. The maximum absolute atomic E-state index is 12.3. The Morgan fingerprint density at radius 2 is 1.79 bits per heavy atom. The number of carbonyl (C=O) groups excluding carboxylic acids is 1. The van der Waals surface area contributed by atoms with Crippen molar-refractivity contribution in [2.24, 2.45) is 5.92 Å². The lowest BCUT2D eigenvalue weighted by Gasteiger charge is -2.35. The third-order valence-corrected chi connectivity index (χ3v) is 4.74. The second kappa shape index (κ2) is 6.26. The van der Waals surface area contributed by atoms with Gasteiger partial charge in [-0.25, -0.2) is 4.79 Å². The molecule has 5 nitrogen and oxygen atoms in total. The van der Waals surface area contributed by atoms with Crippen LogP contribution in [0.15, 0.2) is 0 Å². The lowest BCUT2D eigenvalue weighted by molar-refractivity contribution is -0.142. The number of carbonyl (C=O) groups is 2. The van der Waals surface area contributed by atoms with E-state index in [2.05, 4.69) is 26.1 Å². The van der Waals surface area contributed by atoms with Gasteiger partial charge in [0.25, 0.3) is 0 Å². The molecule has 0 aromatic rings. The Morgan fingerprint density at radius 1 is 1.26 bits per heavy atom. The Morgan fingerprint density at radius 3 is 2.16 bits per heavy atom. The van der Waals surface area contributed by atoms with E-state index in [1.165, 1.54) is 0 Å². The van der Waals surface area contributed by atoms with Crippen LogP contribution in [0.4, 0.5) is 4.79 Å². The van der Waals surface area contributed by atoms with Gasteiger partial charge in [0.15, 0.2) is 0 Å². The summed E-state index contributed by atoms with van der Waals surface area (Å²) >= 11 is 0. The van der Waals surface area contributed by atoms with Gasteiger partial charge in [-0.1, -0.05) is 20.8 Å². The molecule has 5 heteroatoms. The Bertz CT molecular complexity index is 331. The lowest BCUT2D eigenvalue weighted by Crippen LogP contribution is -2.53. The van der Waals surface area contributed by atoms with Crippen LogP contribution in [0, 0.1) is 5.92 Å². The van der Waals surface area contributed by atoms with E-state index in [9.17, 15) is 9.59 Å². The van der Waals surface area contributed by atoms with E-state index in [4.69, 9.17) is 5.11 Å². The zero-order valence-corrected chi connectivity index (χ0v) is 12.4. The average molecular weight is 270 g/mol. The van der Waals surface area contributed by atoms with Crippen LogP contribution in [0.5, 0.6) is 0 Å². The largest absolute Gasteiger partial charge is 0.481 e. The fourth-order valence-corrected chi connectivity index (χ4v) is 2.87. The van der Waals surface area contributed by atoms with Gasteiger partial charge >= 0.3 is 12.0 Å². The summed E-state index contributed by atoms with van der Waals surface area (Å²) < 4.78 is 0. The van der Waals surface area contributed by atoms with Gasteiger partial charge in [-0.15, -0.1) is 0 Å². The molecule has 1 aliphatic rings. The molecule has 19 heavy (non-hydrogen) atoms. The van der Waals surface area contributed by atoms with Gasteiger partial charge in [0, 0.05) is 18.1 Å². The van der Waals surface area contributed by atoms with Crippen LogP contribution < -0.4 is 5.32 Å². The minimum absolute atomic E-state index is 0.123. The van der Waals surface area contributed by atoms with Gasteiger partial charge in [0.05, 0.1) is 5.92 Å². The topological polar surface area (TPSA) is 69.6 Å². The van der Waals surface area contributed by atoms with Crippen LogP contribution in [0.25, 0.3) is 0 Å². The van der Waals surface area contributed by atoms with Crippen molar-refractivity contribution in [2.45, 2.75) is 65.0 Å². The molecule has 0 aromatic carbocycles. The molecule has 1 saturated heterocycles. The molecule has 1 fully saturated rings. The van der Waals surface area contributed by atoms with Gasteiger partial charge in [-0.05, 0) is 32.6 Å². The number of carboxylic acids is 1. The molecule has 0 spiro atoms. The van der Waals surface area contributed by atoms with Crippen molar-refractivity contribution < 1.29 is 14.7 Å². The van der Waals surface area contributed by atoms with E-state index >= 15 is 0 Å². The highest BCUT2D eigenvalue weighted by molar-refractivity contribution is 5.78. The van der Waals surface area contributed by atoms with Crippen LogP contribution in [0.3, 0.4) is 0 Å². The quantitative estimate of drug-likeness (QED) is 0.806. The molecule has 0 bridgehead atoms. The first-order valence-electron chi connectivity index (χ1n) is 7.22. The predicted molar refractivity (Wildman–Crippen MR) is 74.0 cm³/mol. The standard InChI is InChI=1S/C14H26N2O3/c1-5-14(6-2,7-3)15-13(19)16-9-8-11(10(16)4)12(17)18/h10-11H,5-9H2,1-4H3,(H,15,19)(H,17,18). The third kappa shape index (κ3) is 3.19. The first kappa shape index (κ1) is 15.8. The van der Waals surface area contributed by atoms with Crippen molar-refractivity contribution in [1.82, 2.24) is 10.2 Å². The van der Waals surface area contributed by atoms with Crippen LogP contribution in [0.1, 0.15) is 53.4 Å². The molecule has 0 radical (unpaired) electrons. The number of hydrogen-bond acceptors (Lipinski definition) is 2. The van der Waals surface area contributed by atoms with E-state index in [0.717, 1.165) is 19.3 Å². The Hall–Kier alpha value is -1.26. The van der Waals surface area contributed by atoms with Gasteiger partial charge in [0.2, 0.25) is 0 Å². The normalized spacial score (nSPS) is 23.5. The fourth-order valence-electron chi connectivity index (χ4n) is 2.87. The first-order valence-corrected chi connectivity index (χ1v) is 7.22. The minimum atomic E-state index is -0.810. The number of rotatable bonds is 5. The van der Waals surface area contributed by atoms with Crippen LogP contribution in [-0.4, -0.2) is 40.1 Å². The van der Waals surface area contributed by atoms with E-state index in [1.54, 1.807) is 4.90 Å². The lowest BCUT2D eigenvalue weighted by atomic mass is 9.90. The molecule has 0 aromatic heterocycles. The van der Waals surface area contributed by atoms with Crippen molar-refractivity contribution in [3.63, 3.8) is 0 Å². The number of hydrogen-bond donors (Lipinski definition) is 2. The van der Waals surface area contributed by atoms with E-state index < -0.39 is 11.9 Å². The third-order valence-electron chi connectivity index (χ3n) is 4.74. The number of carboxylic acid groups (broad SMARTS) is 1. The highest BCUT2D eigenvalue weighted by Gasteiger charge is 2.39. The molecule has 2 unspecified atom stereocenters. The first-order chi connectivity index (χ1) is 8.90. The van der Waals surface area contributed by atoms with E-state index in [-0.39, 0.29) is 17.6 Å². The molecule has 1 heterocycles. The number of urea groups is 1. The number of nitrogens with one attached hydrogen (secondary N) is 1. The van der Waals surface area contributed by atoms with E-state index in [0.29, 0.717) is 13.0 Å². The van der Waals surface area contributed by atoms with Crippen LogP contribution in [-0.2, 0) is 4.79 Å². The monoisotopic (exact) mass is 270 g/mol. The number of likely N-dealkylation sites (tertiary alicyclic amines) is 1. The summed E-state index contributed by atoms with van der Waals surface area (Å²) in [5.41, 5.74) is -0.169. The minimum Gasteiger partial charge on any atom is -0.481 e. The maximum Gasteiger partial charge on any atom is 0.318 e. The fraction of sp³-hybridized carbons (Fsp3) is 0.857. The molecule has 1 aliphatic heterocycles. The SMILES string of the molecule is CCC(CC)(CC)NC(=O)N1CCC(C(=O)O)C1C. The van der Waals surface area contributed by atoms with Gasteiger partial charge in [-0.2, -0.15) is 0 Å². The Labute approximate surface area is 115 Å². The molecule has 2 N–H and O–H groups in total. The summed E-state index contributed by atoms with van der Waals surface area (Å²) in [4.78, 5) is 25.1. The van der Waals surface area contributed by atoms with Gasteiger partial charge < -0.3 is 15.3 Å². The highest BCUT2D eigenvalue weighted by atomic mass is 16.4. The number of nitrogens with zero attached hydrogens (tertiary/aromatic N) is 1. The molecule has 110 valence electrons.